The van der Waals surface area contributed by atoms with Gasteiger partial charge in [-0.05, 0) is 37.3 Å². The lowest BCUT2D eigenvalue weighted by molar-refractivity contribution is -0.120. The van der Waals surface area contributed by atoms with Crippen LogP contribution >= 0.6 is 0 Å². The number of nitrogens with one attached hydrogen (secondary N) is 1. The molecule has 0 radical (unpaired) electrons. The molecule has 0 aliphatic heterocycles. The van der Waals surface area contributed by atoms with Crippen LogP contribution in [0.4, 0.5) is 0 Å². The summed E-state index contributed by atoms with van der Waals surface area (Å²) < 4.78 is 0. The van der Waals surface area contributed by atoms with Crippen molar-refractivity contribution in [2.75, 3.05) is 7.05 Å². The van der Waals surface area contributed by atoms with Gasteiger partial charge in [-0.15, -0.1) is 0 Å². The molecule has 1 amide bonds. The van der Waals surface area contributed by atoms with E-state index >= 15 is 0 Å². The first-order valence-electron chi connectivity index (χ1n) is 11.0. The van der Waals surface area contributed by atoms with Crippen LogP contribution < -0.4 is 5.32 Å². The van der Waals surface area contributed by atoms with E-state index in [9.17, 15) is 4.79 Å². The Kier molecular flexibility index (Phi) is 21.7. The minimum Gasteiger partial charge on any atom is -0.359 e. The summed E-state index contributed by atoms with van der Waals surface area (Å²) in [4.78, 5) is 14.6. The molecule has 0 saturated carbocycles. The molecule has 1 N–H and O–H groups in total. The van der Waals surface area contributed by atoms with Gasteiger partial charge in [0, 0.05) is 25.4 Å². The van der Waals surface area contributed by atoms with Gasteiger partial charge in [0.25, 0.3) is 0 Å². The van der Waals surface area contributed by atoms with Gasteiger partial charge in [-0.25, -0.2) is 0 Å². The smallest absolute Gasteiger partial charge is 0.219 e. The second-order valence-corrected chi connectivity index (χ2v) is 7.19. The summed E-state index contributed by atoms with van der Waals surface area (Å²) in [5.41, 5.74) is 1.75. The molecule has 0 spiro atoms. The van der Waals surface area contributed by atoms with Crippen molar-refractivity contribution >= 4 is 5.91 Å². The molecule has 0 aliphatic rings. The second kappa shape index (κ2) is 21.4. The molecule has 1 aromatic heterocycles. The number of hydrogen-bond acceptors (Lipinski definition) is 3. The molecule has 28 heavy (non-hydrogen) atoms. The maximum Gasteiger partial charge on any atom is 0.219 e. The van der Waals surface area contributed by atoms with Gasteiger partial charge >= 0.3 is 0 Å². The van der Waals surface area contributed by atoms with Gasteiger partial charge in [0.05, 0.1) is 5.56 Å². The van der Waals surface area contributed by atoms with E-state index in [0.29, 0.717) is 12.0 Å². The molecule has 0 aliphatic carbocycles. The van der Waals surface area contributed by atoms with Crippen LogP contribution in [0.5, 0.6) is 0 Å². The van der Waals surface area contributed by atoms with Crippen molar-refractivity contribution in [3.8, 4) is 6.07 Å². The van der Waals surface area contributed by atoms with Crippen molar-refractivity contribution in [3.05, 3.63) is 29.6 Å². The maximum atomic E-state index is 10.3. The Labute approximate surface area is 174 Å². The molecule has 4 nitrogen and oxygen atoms in total. The lowest BCUT2D eigenvalue weighted by Crippen LogP contribution is -2.16. The van der Waals surface area contributed by atoms with Crippen molar-refractivity contribution < 1.29 is 4.79 Å². The summed E-state index contributed by atoms with van der Waals surface area (Å²) in [7, 11) is 1.65. The molecule has 0 saturated heterocycles. The Balaban J connectivity index is 0. The van der Waals surface area contributed by atoms with E-state index in [1.807, 2.05) is 19.1 Å². The summed E-state index contributed by atoms with van der Waals surface area (Å²) >= 11 is 0. The Bertz CT molecular complexity index is 504. The number of rotatable bonds is 10. The van der Waals surface area contributed by atoms with E-state index in [-0.39, 0.29) is 5.91 Å². The predicted molar refractivity (Wildman–Crippen MR) is 120 cm³/mol. The topological polar surface area (TPSA) is 65.8 Å². The molecule has 1 unspecified atom stereocenters. The Hall–Kier alpha value is -1.89. The summed E-state index contributed by atoms with van der Waals surface area (Å²) in [6, 6.07) is 5.90. The van der Waals surface area contributed by atoms with Crippen LogP contribution in [0.2, 0.25) is 0 Å². The molecule has 160 valence electrons. The quantitative estimate of drug-likeness (QED) is 0.468. The van der Waals surface area contributed by atoms with Crippen LogP contribution in [0.3, 0.4) is 0 Å². The van der Waals surface area contributed by atoms with Crippen molar-refractivity contribution in [3.63, 3.8) is 0 Å². The standard InChI is InChI=1S/C15H22N2.C5H11NO.C4H10/c1-3-13(2)7-5-4-6-8-15-10-9-14(11-16)12-17-15;1-3-4-5(7)6-2;1-3-4-2/h9-10,12-13H,3-8H2,1-2H3;3-4H2,1-2H3,(H,6,7);3-4H2,1-2H3. The molecule has 1 atom stereocenters. The van der Waals surface area contributed by atoms with Gasteiger partial charge in [-0.2, -0.15) is 5.26 Å². The average molecular weight is 390 g/mol. The maximum absolute atomic E-state index is 10.3. The third-order valence-corrected chi connectivity index (χ3v) is 4.54. The monoisotopic (exact) mass is 389 g/mol. The highest BCUT2D eigenvalue weighted by Gasteiger charge is 1.99. The van der Waals surface area contributed by atoms with Crippen LogP contribution in [-0.4, -0.2) is 17.9 Å². The third kappa shape index (κ3) is 18.9. The number of unbranched alkanes of at least 4 members (excludes halogenated alkanes) is 3. The number of carbonyl (C=O) groups excluding carboxylic acids is 1. The molecule has 4 heteroatoms. The molecular formula is C24H43N3O. The highest BCUT2D eigenvalue weighted by atomic mass is 16.1. The second-order valence-electron chi connectivity index (χ2n) is 7.19. The number of nitriles is 1. The van der Waals surface area contributed by atoms with Gasteiger partial charge in [-0.3, -0.25) is 9.78 Å². The van der Waals surface area contributed by atoms with Crippen LogP contribution in [0.25, 0.3) is 0 Å². The van der Waals surface area contributed by atoms with Gasteiger partial charge in [-0.1, -0.05) is 73.1 Å². The lowest BCUT2D eigenvalue weighted by Gasteiger charge is -2.07. The number of nitrogens with zero attached hydrogens (tertiary/aromatic N) is 2. The summed E-state index contributed by atoms with van der Waals surface area (Å²) in [5.74, 6) is 0.991. The number of hydrogen-bond donors (Lipinski definition) is 1. The number of aromatic nitrogens is 1. The molecular weight excluding hydrogens is 346 g/mol. The molecule has 1 rings (SSSR count). The average Bonchev–Trinajstić information content (AvgIpc) is 2.74. The van der Waals surface area contributed by atoms with Crippen molar-refractivity contribution in [2.45, 2.75) is 98.8 Å². The number of amides is 1. The van der Waals surface area contributed by atoms with Crippen molar-refractivity contribution in [1.29, 1.82) is 5.26 Å². The van der Waals surface area contributed by atoms with E-state index in [1.165, 1.54) is 44.9 Å². The molecule has 0 fully saturated rings. The normalized spacial score (nSPS) is 10.5. The predicted octanol–water partition coefficient (Wildman–Crippen LogP) is 6.44. The van der Waals surface area contributed by atoms with Crippen LogP contribution in [-0.2, 0) is 11.2 Å². The summed E-state index contributed by atoms with van der Waals surface area (Å²) in [5, 5.41) is 11.2. The minimum absolute atomic E-state index is 0.127. The number of carbonyl (C=O) groups is 1. The van der Waals surface area contributed by atoms with Gasteiger partial charge in [0.15, 0.2) is 0 Å². The third-order valence-electron chi connectivity index (χ3n) is 4.54. The Morgan fingerprint density at radius 1 is 1.11 bits per heavy atom. The minimum atomic E-state index is 0.127. The van der Waals surface area contributed by atoms with Crippen LogP contribution in [0, 0.1) is 17.2 Å². The van der Waals surface area contributed by atoms with Crippen LogP contribution in [0.1, 0.15) is 104 Å². The summed E-state index contributed by atoms with van der Waals surface area (Å²) in [6.07, 6.45) is 13.4. The van der Waals surface area contributed by atoms with Gasteiger partial charge < -0.3 is 5.32 Å². The molecule has 0 bridgehead atoms. The zero-order valence-electron chi connectivity index (χ0n) is 19.2. The SMILES string of the molecule is CCC(C)CCCCCc1ccc(C#N)cn1.CCCC.CCCC(=O)NC. The van der Waals surface area contributed by atoms with Crippen LogP contribution in [0.15, 0.2) is 18.3 Å². The fraction of sp³-hybridized carbons (Fsp3) is 0.708. The molecule has 0 aromatic carbocycles. The first-order chi connectivity index (χ1) is 13.5. The van der Waals surface area contributed by atoms with Gasteiger partial charge in [0.1, 0.15) is 6.07 Å². The first kappa shape index (κ1) is 28.3. The lowest BCUT2D eigenvalue weighted by atomic mass is 10.00. The van der Waals surface area contributed by atoms with Crippen molar-refractivity contribution in [1.82, 2.24) is 10.3 Å². The Morgan fingerprint density at radius 2 is 1.79 bits per heavy atom. The Morgan fingerprint density at radius 3 is 2.18 bits per heavy atom. The zero-order valence-corrected chi connectivity index (χ0v) is 19.2. The number of pyridine rings is 1. The van der Waals surface area contributed by atoms with E-state index in [4.69, 9.17) is 5.26 Å². The largest absolute Gasteiger partial charge is 0.359 e. The van der Waals surface area contributed by atoms with Crippen molar-refractivity contribution in [2.24, 2.45) is 5.92 Å². The zero-order chi connectivity index (χ0) is 21.6. The highest BCUT2D eigenvalue weighted by molar-refractivity contribution is 5.75. The van der Waals surface area contributed by atoms with E-state index in [1.54, 1.807) is 13.2 Å². The van der Waals surface area contributed by atoms with E-state index < -0.39 is 0 Å². The fourth-order valence-corrected chi connectivity index (χ4v) is 2.17. The highest BCUT2D eigenvalue weighted by Crippen LogP contribution is 2.13. The molecule has 1 aromatic rings. The summed E-state index contributed by atoms with van der Waals surface area (Å²) in [6.45, 7) is 10.9. The van der Waals surface area contributed by atoms with E-state index in [2.05, 4.69) is 44.1 Å². The van der Waals surface area contributed by atoms with E-state index in [0.717, 1.165) is 24.5 Å². The first-order valence-corrected chi connectivity index (χ1v) is 11.0. The van der Waals surface area contributed by atoms with Gasteiger partial charge in [0.2, 0.25) is 5.91 Å². The fourth-order valence-electron chi connectivity index (χ4n) is 2.17. The number of aryl methyl sites for hydroxylation is 1. The molecule has 1 heterocycles.